The molecular formula is C7H14BNO2. The molecule has 1 aliphatic rings. The van der Waals surface area contributed by atoms with Crippen molar-refractivity contribution in [3.63, 3.8) is 0 Å². The number of likely N-dealkylation sites (tertiary alicyclic amines) is 1. The number of ether oxygens (including phenoxy) is 1. The SMILES string of the molecule is [B]OC1(OC)CCN(C)CC1. The zero-order valence-corrected chi connectivity index (χ0v) is 7.17. The van der Waals surface area contributed by atoms with Crippen LogP contribution in [0.4, 0.5) is 0 Å². The van der Waals surface area contributed by atoms with Gasteiger partial charge in [-0.25, -0.2) is 0 Å². The molecule has 0 atom stereocenters. The molecule has 1 saturated heterocycles. The lowest BCUT2D eigenvalue weighted by molar-refractivity contribution is -0.187. The molecule has 1 aliphatic heterocycles. The normalized spacial score (nSPS) is 25.3. The van der Waals surface area contributed by atoms with Gasteiger partial charge >= 0.3 is 0 Å². The van der Waals surface area contributed by atoms with E-state index < -0.39 is 5.79 Å². The minimum Gasteiger partial charge on any atom is -0.422 e. The molecule has 4 heteroatoms. The third-order valence-electron chi connectivity index (χ3n) is 2.34. The molecule has 0 aromatic carbocycles. The van der Waals surface area contributed by atoms with Crippen LogP contribution in [0.15, 0.2) is 0 Å². The van der Waals surface area contributed by atoms with Crippen molar-refractivity contribution in [2.45, 2.75) is 18.6 Å². The Hall–Kier alpha value is -0.0551. The summed E-state index contributed by atoms with van der Waals surface area (Å²) in [5.41, 5.74) is 0. The Balaban J connectivity index is 2.45. The molecule has 0 aromatic heterocycles. The van der Waals surface area contributed by atoms with Gasteiger partial charge in [0.05, 0.1) is 0 Å². The molecule has 0 aliphatic carbocycles. The molecule has 0 unspecified atom stereocenters. The molecule has 2 radical (unpaired) electrons. The predicted octanol–water partition coefficient (Wildman–Crippen LogP) is 0.155. The summed E-state index contributed by atoms with van der Waals surface area (Å²) in [5.74, 6) is -0.521. The smallest absolute Gasteiger partial charge is 0.286 e. The molecular weight excluding hydrogens is 141 g/mol. The van der Waals surface area contributed by atoms with Gasteiger partial charge in [0.15, 0.2) is 5.79 Å². The number of hydrogen-bond acceptors (Lipinski definition) is 3. The van der Waals surface area contributed by atoms with E-state index in [0.29, 0.717) is 0 Å². The van der Waals surface area contributed by atoms with Gasteiger partial charge in [-0.15, -0.1) is 0 Å². The average molecular weight is 155 g/mol. The quantitative estimate of drug-likeness (QED) is 0.418. The van der Waals surface area contributed by atoms with Crippen LogP contribution in [0.1, 0.15) is 12.8 Å². The van der Waals surface area contributed by atoms with Crippen LogP contribution in [0.5, 0.6) is 0 Å². The van der Waals surface area contributed by atoms with E-state index >= 15 is 0 Å². The molecule has 0 bridgehead atoms. The van der Waals surface area contributed by atoms with E-state index in [4.69, 9.17) is 17.4 Å². The molecule has 1 rings (SSSR count). The number of nitrogens with zero attached hydrogens (tertiary/aromatic N) is 1. The van der Waals surface area contributed by atoms with Crippen LogP contribution < -0.4 is 0 Å². The molecule has 11 heavy (non-hydrogen) atoms. The first kappa shape index (κ1) is 9.04. The minimum absolute atomic E-state index is 0.521. The van der Waals surface area contributed by atoms with E-state index in [-0.39, 0.29) is 0 Å². The second kappa shape index (κ2) is 3.56. The predicted molar refractivity (Wildman–Crippen MR) is 43.3 cm³/mol. The van der Waals surface area contributed by atoms with Crippen molar-refractivity contribution in [3.05, 3.63) is 0 Å². The van der Waals surface area contributed by atoms with Crippen LogP contribution in [0.25, 0.3) is 0 Å². The van der Waals surface area contributed by atoms with Crippen LogP contribution >= 0.6 is 0 Å². The van der Waals surface area contributed by atoms with Gasteiger partial charge in [0.1, 0.15) is 0 Å². The topological polar surface area (TPSA) is 21.7 Å². The number of methoxy groups -OCH3 is 1. The van der Waals surface area contributed by atoms with Gasteiger partial charge in [-0.3, -0.25) is 0 Å². The first-order chi connectivity index (χ1) is 5.22. The first-order valence-corrected chi connectivity index (χ1v) is 3.84. The van der Waals surface area contributed by atoms with Crippen LogP contribution in [0, 0.1) is 0 Å². The van der Waals surface area contributed by atoms with E-state index in [1.54, 1.807) is 7.11 Å². The first-order valence-electron chi connectivity index (χ1n) is 3.84. The molecule has 1 fully saturated rings. The van der Waals surface area contributed by atoms with Crippen LogP contribution in [-0.4, -0.2) is 46.0 Å². The third kappa shape index (κ3) is 1.95. The second-order valence-corrected chi connectivity index (χ2v) is 3.04. The maximum absolute atomic E-state index is 5.20. The minimum atomic E-state index is -0.521. The summed E-state index contributed by atoms with van der Waals surface area (Å²) >= 11 is 0. The largest absolute Gasteiger partial charge is 0.422 e. The maximum Gasteiger partial charge on any atom is 0.286 e. The summed E-state index contributed by atoms with van der Waals surface area (Å²) in [7, 11) is 8.87. The molecule has 0 amide bonds. The molecule has 0 N–H and O–H groups in total. The van der Waals surface area contributed by atoms with Gasteiger partial charge in [-0.05, 0) is 7.05 Å². The number of rotatable bonds is 2. The fourth-order valence-corrected chi connectivity index (χ4v) is 1.33. The maximum atomic E-state index is 5.20. The van der Waals surface area contributed by atoms with Gasteiger partial charge in [0.25, 0.3) is 8.05 Å². The summed E-state index contributed by atoms with van der Waals surface area (Å²) in [6.45, 7) is 1.95. The highest BCUT2D eigenvalue weighted by molar-refractivity contribution is 5.98. The molecule has 3 nitrogen and oxygen atoms in total. The number of piperidine rings is 1. The Morgan fingerprint density at radius 2 is 1.91 bits per heavy atom. The molecule has 62 valence electrons. The third-order valence-corrected chi connectivity index (χ3v) is 2.34. The Bertz CT molecular complexity index is 118. The van der Waals surface area contributed by atoms with E-state index in [0.717, 1.165) is 25.9 Å². The van der Waals surface area contributed by atoms with Crippen molar-refractivity contribution in [2.24, 2.45) is 0 Å². The Morgan fingerprint density at radius 1 is 1.36 bits per heavy atom. The van der Waals surface area contributed by atoms with E-state index in [1.165, 1.54) is 0 Å². The highest BCUT2D eigenvalue weighted by Crippen LogP contribution is 2.24. The highest BCUT2D eigenvalue weighted by Gasteiger charge is 2.32. The zero-order valence-electron chi connectivity index (χ0n) is 7.17. The van der Waals surface area contributed by atoms with Gasteiger partial charge in [0.2, 0.25) is 0 Å². The lowest BCUT2D eigenvalue weighted by Crippen LogP contribution is -2.45. The zero-order chi connectivity index (χ0) is 8.32. The highest BCUT2D eigenvalue weighted by atomic mass is 16.7. The van der Waals surface area contributed by atoms with Gasteiger partial charge in [-0.2, -0.15) is 0 Å². The van der Waals surface area contributed by atoms with Crippen molar-refractivity contribution in [3.8, 4) is 0 Å². The Kier molecular flexibility index (Phi) is 2.93. The van der Waals surface area contributed by atoms with Gasteiger partial charge in [0, 0.05) is 33.0 Å². The molecule has 1 heterocycles. The van der Waals surface area contributed by atoms with E-state index in [9.17, 15) is 0 Å². The Morgan fingerprint density at radius 3 is 2.27 bits per heavy atom. The lowest BCUT2D eigenvalue weighted by atomic mass is 10.0. The van der Waals surface area contributed by atoms with E-state index in [2.05, 4.69) is 11.9 Å². The van der Waals surface area contributed by atoms with Crippen molar-refractivity contribution < 1.29 is 9.39 Å². The molecule has 0 spiro atoms. The van der Waals surface area contributed by atoms with Crippen LogP contribution in [-0.2, 0) is 9.39 Å². The summed E-state index contributed by atoms with van der Waals surface area (Å²) in [6, 6.07) is 0. The average Bonchev–Trinajstić information content (AvgIpc) is 2.07. The van der Waals surface area contributed by atoms with Crippen LogP contribution in [0.2, 0.25) is 0 Å². The van der Waals surface area contributed by atoms with Crippen molar-refractivity contribution in [2.75, 3.05) is 27.2 Å². The monoisotopic (exact) mass is 155 g/mol. The van der Waals surface area contributed by atoms with Crippen molar-refractivity contribution >= 4 is 8.05 Å². The summed E-state index contributed by atoms with van der Waals surface area (Å²) in [5, 5.41) is 0. The standard InChI is InChI=1S/C7H14BNO2/c1-9-5-3-7(10-2,11-8)4-6-9/h3-6H2,1-2H3. The fraction of sp³-hybridized carbons (Fsp3) is 1.00. The van der Waals surface area contributed by atoms with Crippen molar-refractivity contribution in [1.82, 2.24) is 4.90 Å². The van der Waals surface area contributed by atoms with Crippen molar-refractivity contribution in [1.29, 1.82) is 0 Å². The summed E-state index contributed by atoms with van der Waals surface area (Å²) < 4.78 is 10.0. The van der Waals surface area contributed by atoms with Crippen LogP contribution in [0.3, 0.4) is 0 Å². The summed E-state index contributed by atoms with van der Waals surface area (Å²) in [4.78, 5) is 2.23. The van der Waals surface area contributed by atoms with Gasteiger partial charge < -0.3 is 14.3 Å². The summed E-state index contributed by atoms with van der Waals surface area (Å²) in [6.07, 6.45) is 1.69. The Labute approximate surface area is 69.1 Å². The fourth-order valence-electron chi connectivity index (χ4n) is 1.33. The molecule has 0 saturated carbocycles. The second-order valence-electron chi connectivity index (χ2n) is 3.04. The molecule has 0 aromatic rings. The van der Waals surface area contributed by atoms with Gasteiger partial charge in [-0.1, -0.05) is 0 Å². The lowest BCUT2D eigenvalue weighted by Gasteiger charge is -2.38. The number of hydrogen-bond donors (Lipinski definition) is 0. The van der Waals surface area contributed by atoms with E-state index in [1.807, 2.05) is 0 Å².